The maximum atomic E-state index is 12.9. The Morgan fingerprint density at radius 3 is 2.32 bits per heavy atom. The summed E-state index contributed by atoms with van der Waals surface area (Å²) >= 11 is 0. The summed E-state index contributed by atoms with van der Waals surface area (Å²) in [4.78, 5) is 26.5. The van der Waals surface area contributed by atoms with Gasteiger partial charge in [-0.15, -0.1) is 0 Å². The van der Waals surface area contributed by atoms with E-state index >= 15 is 0 Å². The quantitative estimate of drug-likeness (QED) is 0.791. The predicted octanol–water partition coefficient (Wildman–Crippen LogP) is 1.68. The fourth-order valence-corrected chi connectivity index (χ4v) is 4.18. The van der Waals surface area contributed by atoms with E-state index in [0.717, 1.165) is 25.7 Å². The minimum Gasteiger partial charge on any atom is -0.319 e. The Hall–Kier alpha value is -1.93. The van der Waals surface area contributed by atoms with Crippen molar-refractivity contribution in [3.63, 3.8) is 0 Å². The molecule has 3 N–H and O–H groups in total. The van der Waals surface area contributed by atoms with Crippen LogP contribution in [0, 0.1) is 5.92 Å². The van der Waals surface area contributed by atoms with Gasteiger partial charge in [0.25, 0.3) is 5.91 Å². The van der Waals surface area contributed by atoms with Crippen molar-refractivity contribution in [2.75, 3.05) is 6.54 Å². The van der Waals surface area contributed by atoms with E-state index in [9.17, 15) is 18.0 Å². The highest BCUT2D eigenvalue weighted by atomic mass is 32.2. The summed E-state index contributed by atoms with van der Waals surface area (Å²) < 4.78 is 22.7. The van der Waals surface area contributed by atoms with Crippen molar-refractivity contribution in [3.05, 3.63) is 29.8 Å². The number of primary sulfonamides is 1. The van der Waals surface area contributed by atoms with Gasteiger partial charge in [0, 0.05) is 6.54 Å². The van der Waals surface area contributed by atoms with Crippen LogP contribution in [0.25, 0.3) is 0 Å². The predicted molar refractivity (Wildman–Crippen MR) is 92.0 cm³/mol. The molecule has 1 aliphatic heterocycles. The number of hydrogen-bond acceptors (Lipinski definition) is 4. The number of carbonyl (C=O) groups is 2. The van der Waals surface area contributed by atoms with Crippen LogP contribution >= 0.6 is 0 Å². The number of benzene rings is 1. The maximum Gasteiger partial charge on any atom is 0.325 e. The first kappa shape index (κ1) is 17.9. The van der Waals surface area contributed by atoms with Gasteiger partial charge in [-0.3, -0.25) is 9.69 Å². The molecule has 3 rings (SSSR count). The Morgan fingerprint density at radius 2 is 1.76 bits per heavy atom. The lowest BCUT2D eigenvalue weighted by Gasteiger charge is -2.26. The average Bonchev–Trinajstić information content (AvgIpc) is 2.79. The van der Waals surface area contributed by atoms with Crippen molar-refractivity contribution < 1.29 is 18.0 Å². The molecular weight excluding hydrogens is 342 g/mol. The topological polar surface area (TPSA) is 110 Å². The fraction of sp³-hybridized carbons (Fsp3) is 0.529. The number of carbonyl (C=O) groups excluding carboxylic acids is 2. The van der Waals surface area contributed by atoms with Crippen LogP contribution in [0.2, 0.25) is 0 Å². The molecule has 1 saturated carbocycles. The lowest BCUT2D eigenvalue weighted by Crippen LogP contribution is -2.41. The zero-order chi connectivity index (χ0) is 18.2. The van der Waals surface area contributed by atoms with Crippen LogP contribution in [-0.4, -0.2) is 31.8 Å². The van der Waals surface area contributed by atoms with Crippen molar-refractivity contribution in [2.24, 2.45) is 11.1 Å². The number of nitrogens with one attached hydrogen (secondary N) is 1. The molecular formula is C17H23N3O4S. The van der Waals surface area contributed by atoms with Crippen molar-refractivity contribution >= 4 is 22.0 Å². The molecule has 0 bridgehead atoms. The normalized spacial score (nSPS) is 25.3. The highest BCUT2D eigenvalue weighted by Crippen LogP contribution is 2.32. The number of nitrogens with two attached hydrogens (primary N) is 1. The third-order valence-electron chi connectivity index (χ3n) is 5.20. The van der Waals surface area contributed by atoms with Crippen LogP contribution in [0.5, 0.6) is 0 Å². The Bertz CT molecular complexity index is 785. The Kier molecular flexibility index (Phi) is 4.59. The van der Waals surface area contributed by atoms with Gasteiger partial charge >= 0.3 is 6.03 Å². The molecule has 136 valence electrons. The molecule has 0 unspecified atom stereocenters. The van der Waals surface area contributed by atoms with Gasteiger partial charge in [0.15, 0.2) is 0 Å². The number of amides is 3. The molecule has 0 spiro atoms. The second-order valence-electron chi connectivity index (χ2n) is 7.04. The lowest BCUT2D eigenvalue weighted by atomic mass is 9.88. The van der Waals surface area contributed by atoms with E-state index in [1.165, 1.54) is 35.6 Å². The monoisotopic (exact) mass is 365 g/mol. The van der Waals surface area contributed by atoms with Crippen LogP contribution in [0.3, 0.4) is 0 Å². The van der Waals surface area contributed by atoms with Gasteiger partial charge in [0.2, 0.25) is 10.0 Å². The highest BCUT2D eigenvalue weighted by Gasteiger charge is 2.49. The molecule has 8 heteroatoms. The van der Waals surface area contributed by atoms with Crippen molar-refractivity contribution in [1.29, 1.82) is 0 Å². The molecule has 0 radical (unpaired) electrons. The van der Waals surface area contributed by atoms with Gasteiger partial charge in [-0.05, 0) is 43.4 Å². The van der Waals surface area contributed by atoms with Crippen LogP contribution in [0.1, 0.15) is 44.6 Å². The zero-order valence-corrected chi connectivity index (χ0v) is 15.0. The molecule has 1 aliphatic carbocycles. The average molecular weight is 365 g/mol. The molecule has 1 atom stereocenters. The Labute approximate surface area is 147 Å². The minimum atomic E-state index is -3.80. The van der Waals surface area contributed by atoms with Gasteiger partial charge in [-0.2, -0.15) is 0 Å². The van der Waals surface area contributed by atoms with Crippen LogP contribution in [-0.2, 0) is 20.4 Å². The Balaban J connectivity index is 1.81. The zero-order valence-electron chi connectivity index (χ0n) is 14.2. The summed E-state index contributed by atoms with van der Waals surface area (Å²) in [5.74, 6) is 0.0574. The first-order chi connectivity index (χ1) is 11.7. The summed E-state index contributed by atoms with van der Waals surface area (Å²) in [5, 5.41) is 7.85. The van der Waals surface area contributed by atoms with E-state index in [-0.39, 0.29) is 10.8 Å². The van der Waals surface area contributed by atoms with Crippen LogP contribution in [0.4, 0.5) is 4.79 Å². The van der Waals surface area contributed by atoms with Crippen molar-refractivity contribution in [1.82, 2.24) is 10.2 Å². The molecule has 1 saturated heterocycles. The van der Waals surface area contributed by atoms with E-state index in [4.69, 9.17) is 5.14 Å². The number of sulfonamides is 1. The number of nitrogens with zero attached hydrogens (tertiary/aromatic N) is 1. The van der Waals surface area contributed by atoms with Gasteiger partial charge in [-0.1, -0.05) is 31.4 Å². The summed E-state index contributed by atoms with van der Waals surface area (Å²) in [6.45, 7) is 2.08. The van der Waals surface area contributed by atoms with E-state index < -0.39 is 21.6 Å². The number of hydrogen-bond donors (Lipinski definition) is 2. The minimum absolute atomic E-state index is 0.0318. The SMILES string of the molecule is C[C@]1(c2ccc(S(N)(=O)=O)cc2)NC(=O)N(CC2CCCCC2)C1=O. The first-order valence-electron chi connectivity index (χ1n) is 8.49. The van der Waals surface area contributed by atoms with Crippen LogP contribution in [0.15, 0.2) is 29.2 Å². The molecule has 25 heavy (non-hydrogen) atoms. The summed E-state index contributed by atoms with van der Waals surface area (Å²) in [5.41, 5.74) is -0.660. The van der Waals surface area contributed by atoms with E-state index in [0.29, 0.717) is 18.0 Å². The fourth-order valence-electron chi connectivity index (χ4n) is 3.66. The van der Waals surface area contributed by atoms with Crippen molar-refractivity contribution in [3.8, 4) is 0 Å². The Morgan fingerprint density at radius 1 is 1.16 bits per heavy atom. The molecule has 1 aromatic rings. The van der Waals surface area contributed by atoms with Gasteiger partial charge in [0.1, 0.15) is 5.54 Å². The van der Waals surface area contributed by atoms with Gasteiger partial charge < -0.3 is 5.32 Å². The maximum absolute atomic E-state index is 12.9. The molecule has 3 amide bonds. The third-order valence-corrected chi connectivity index (χ3v) is 6.13. The summed E-state index contributed by atoms with van der Waals surface area (Å²) in [6, 6.07) is 5.33. The molecule has 2 aliphatic rings. The number of imide groups is 1. The molecule has 1 aromatic carbocycles. The number of urea groups is 1. The smallest absolute Gasteiger partial charge is 0.319 e. The van der Waals surface area contributed by atoms with E-state index in [1.807, 2.05) is 0 Å². The largest absolute Gasteiger partial charge is 0.325 e. The molecule has 0 aromatic heterocycles. The second-order valence-corrected chi connectivity index (χ2v) is 8.61. The third kappa shape index (κ3) is 3.41. The van der Waals surface area contributed by atoms with Crippen molar-refractivity contribution in [2.45, 2.75) is 49.5 Å². The first-order valence-corrected chi connectivity index (χ1v) is 10.0. The number of rotatable bonds is 4. The van der Waals surface area contributed by atoms with Crippen LogP contribution < -0.4 is 10.5 Å². The standard InChI is InChI=1S/C17H23N3O4S/c1-17(13-7-9-14(10-8-13)25(18,23)24)15(21)20(16(22)19-17)11-12-5-3-2-4-6-12/h7-10,12H,2-6,11H2,1H3,(H,19,22)(H2,18,23,24)/t17-/m1/s1. The summed E-state index contributed by atoms with van der Waals surface area (Å²) in [7, 11) is -3.80. The summed E-state index contributed by atoms with van der Waals surface area (Å²) in [6.07, 6.45) is 5.57. The second kappa shape index (κ2) is 6.42. The van der Waals surface area contributed by atoms with Gasteiger partial charge in [0.05, 0.1) is 4.90 Å². The highest BCUT2D eigenvalue weighted by molar-refractivity contribution is 7.89. The molecule has 7 nitrogen and oxygen atoms in total. The van der Waals surface area contributed by atoms with E-state index in [2.05, 4.69) is 5.32 Å². The molecule has 1 heterocycles. The van der Waals surface area contributed by atoms with Gasteiger partial charge in [-0.25, -0.2) is 18.4 Å². The van der Waals surface area contributed by atoms with E-state index in [1.54, 1.807) is 6.92 Å². The lowest BCUT2D eigenvalue weighted by molar-refractivity contribution is -0.131. The molecule has 2 fully saturated rings.